The zero-order valence-electron chi connectivity index (χ0n) is 11.7. The van der Waals surface area contributed by atoms with Crippen molar-refractivity contribution >= 4 is 24.4 Å². The molecular weight excluding hydrogens is 258 g/mol. The maximum Gasteiger partial charge on any atom is 0.415 e. The van der Waals surface area contributed by atoms with Crippen molar-refractivity contribution in [3.63, 3.8) is 0 Å². The van der Waals surface area contributed by atoms with Crippen molar-refractivity contribution in [1.82, 2.24) is 3.97 Å². The van der Waals surface area contributed by atoms with E-state index in [-0.39, 0.29) is 12.0 Å². The van der Waals surface area contributed by atoms with Crippen LogP contribution in [0.1, 0.15) is 20.8 Å². The summed E-state index contributed by atoms with van der Waals surface area (Å²) >= 11 is 0. The van der Waals surface area contributed by atoms with Crippen LogP contribution in [0.5, 0.6) is 0 Å². The Morgan fingerprint density at radius 1 is 1.24 bits per heavy atom. The molecule has 0 aliphatic rings. The minimum absolute atomic E-state index is 0.182. The number of carbonyl (C=O) groups is 1. The molecule has 0 unspecified atom stereocenters. The third-order valence-electron chi connectivity index (χ3n) is 1.74. The van der Waals surface area contributed by atoms with Gasteiger partial charge in [-0.3, -0.25) is 0 Å². The minimum atomic E-state index is -3.57. The molecule has 0 saturated carbocycles. The van der Waals surface area contributed by atoms with E-state index in [2.05, 4.69) is 0 Å². The first-order chi connectivity index (χ1) is 7.25. The molecule has 102 valence electrons. The fourth-order valence-electron chi connectivity index (χ4n) is 1.24. The Balaban J connectivity index is 4.94. The molecule has 0 atom stereocenters. The molecule has 5 nitrogen and oxygen atoms in total. The number of nitrogens with zero attached hydrogens (tertiary/aromatic N) is 1. The SMILES string of the molecule is CC(C)(C)COC(=O)N([Si](C)(C)C)S(C)(=O)=O. The zero-order chi connectivity index (χ0) is 14.1. The van der Waals surface area contributed by atoms with Gasteiger partial charge in [0.1, 0.15) is 0 Å². The second-order valence-corrected chi connectivity index (χ2v) is 13.3. The summed E-state index contributed by atoms with van der Waals surface area (Å²) in [5.41, 5.74) is -0.182. The third kappa shape index (κ3) is 6.07. The Bertz CT molecular complexity index is 378. The van der Waals surface area contributed by atoms with Crippen molar-refractivity contribution in [3.8, 4) is 0 Å². The van der Waals surface area contributed by atoms with Crippen LogP contribution in [0.2, 0.25) is 19.6 Å². The Morgan fingerprint density at radius 2 is 1.65 bits per heavy atom. The number of hydrogen-bond donors (Lipinski definition) is 0. The molecular formula is C10H23NO4SSi. The van der Waals surface area contributed by atoms with E-state index < -0.39 is 24.4 Å². The number of hydrogen-bond acceptors (Lipinski definition) is 4. The molecule has 0 heterocycles. The maximum atomic E-state index is 11.8. The minimum Gasteiger partial charge on any atom is -0.449 e. The summed E-state index contributed by atoms with van der Waals surface area (Å²) < 4.78 is 29.2. The van der Waals surface area contributed by atoms with Gasteiger partial charge in [-0.05, 0) is 5.41 Å². The highest BCUT2D eigenvalue weighted by Gasteiger charge is 2.37. The Hall–Kier alpha value is -0.563. The van der Waals surface area contributed by atoms with Crippen molar-refractivity contribution in [2.24, 2.45) is 5.41 Å². The van der Waals surface area contributed by atoms with Crippen molar-refractivity contribution in [1.29, 1.82) is 0 Å². The van der Waals surface area contributed by atoms with Crippen LogP contribution in [0.25, 0.3) is 0 Å². The number of sulfonamides is 1. The van der Waals surface area contributed by atoms with E-state index in [1.54, 1.807) is 19.6 Å². The molecule has 7 heteroatoms. The highest BCUT2D eigenvalue weighted by Crippen LogP contribution is 2.18. The summed E-state index contributed by atoms with van der Waals surface area (Å²) in [6.07, 6.45) is 0.269. The fraction of sp³-hybridized carbons (Fsp3) is 0.900. The normalized spacial score (nSPS) is 13.4. The number of amides is 1. The van der Waals surface area contributed by atoms with Gasteiger partial charge in [0.2, 0.25) is 10.0 Å². The van der Waals surface area contributed by atoms with E-state index in [1.165, 1.54) is 0 Å². The zero-order valence-corrected chi connectivity index (χ0v) is 13.5. The summed E-state index contributed by atoms with van der Waals surface area (Å²) in [5.74, 6) is 0. The lowest BCUT2D eigenvalue weighted by atomic mass is 9.99. The van der Waals surface area contributed by atoms with Crippen LogP contribution < -0.4 is 0 Å². The number of carbonyl (C=O) groups excluding carboxylic acids is 1. The van der Waals surface area contributed by atoms with Crippen LogP contribution in [0, 0.1) is 5.41 Å². The lowest BCUT2D eigenvalue weighted by Gasteiger charge is -2.31. The summed E-state index contributed by atoms with van der Waals surface area (Å²) in [7, 11) is -5.88. The smallest absolute Gasteiger partial charge is 0.415 e. The second kappa shape index (κ2) is 4.97. The van der Waals surface area contributed by atoms with Gasteiger partial charge in [-0.25, -0.2) is 17.2 Å². The Labute approximate surface area is 105 Å². The predicted molar refractivity (Wildman–Crippen MR) is 70.8 cm³/mol. The van der Waals surface area contributed by atoms with E-state index in [1.807, 2.05) is 20.8 Å². The van der Waals surface area contributed by atoms with Gasteiger partial charge in [-0.2, -0.15) is 0 Å². The van der Waals surface area contributed by atoms with Gasteiger partial charge in [0, 0.05) is 0 Å². The van der Waals surface area contributed by atoms with E-state index in [4.69, 9.17) is 4.74 Å². The molecule has 0 N–H and O–H groups in total. The molecule has 0 rings (SSSR count). The topological polar surface area (TPSA) is 63.7 Å². The molecule has 17 heavy (non-hydrogen) atoms. The van der Waals surface area contributed by atoms with Gasteiger partial charge in [-0.15, -0.1) is 0 Å². The van der Waals surface area contributed by atoms with Gasteiger partial charge < -0.3 is 4.74 Å². The third-order valence-corrected chi connectivity index (χ3v) is 6.59. The predicted octanol–water partition coefficient (Wildman–Crippen LogP) is 2.27. The molecule has 0 saturated heterocycles. The van der Waals surface area contributed by atoms with Gasteiger partial charge in [0.25, 0.3) is 0 Å². The van der Waals surface area contributed by atoms with Gasteiger partial charge in [0.05, 0.1) is 12.9 Å². The highest BCUT2D eigenvalue weighted by molar-refractivity contribution is 7.90. The molecule has 0 spiro atoms. The van der Waals surface area contributed by atoms with Gasteiger partial charge >= 0.3 is 6.09 Å². The molecule has 0 aromatic carbocycles. The quantitative estimate of drug-likeness (QED) is 0.744. The Morgan fingerprint density at radius 3 is 1.88 bits per heavy atom. The summed E-state index contributed by atoms with van der Waals surface area (Å²) in [6, 6.07) is 0. The second-order valence-electron chi connectivity index (χ2n) is 6.31. The number of rotatable bonds is 3. The van der Waals surface area contributed by atoms with Crippen LogP contribution in [-0.4, -0.2) is 39.6 Å². The Kier molecular flexibility index (Phi) is 4.81. The standard InChI is InChI=1S/C10H23NO4SSi/c1-10(2,3)8-15-9(12)11(16(4,13)14)17(5,6)7/h8H2,1-7H3. The van der Waals surface area contributed by atoms with Crippen LogP contribution in [0.4, 0.5) is 4.79 Å². The van der Waals surface area contributed by atoms with E-state index in [0.29, 0.717) is 0 Å². The van der Waals surface area contributed by atoms with Crippen LogP contribution in [0.15, 0.2) is 0 Å². The first-order valence-electron chi connectivity index (χ1n) is 5.42. The highest BCUT2D eigenvalue weighted by atomic mass is 32.2. The lowest BCUT2D eigenvalue weighted by Crippen LogP contribution is -2.53. The average molecular weight is 281 g/mol. The summed E-state index contributed by atoms with van der Waals surface area (Å²) in [4.78, 5) is 11.8. The van der Waals surface area contributed by atoms with Crippen molar-refractivity contribution in [2.45, 2.75) is 40.4 Å². The van der Waals surface area contributed by atoms with Gasteiger partial charge in [-0.1, -0.05) is 40.4 Å². The molecule has 0 fully saturated rings. The molecule has 0 radical (unpaired) electrons. The first-order valence-corrected chi connectivity index (χ1v) is 10.7. The lowest BCUT2D eigenvalue weighted by molar-refractivity contribution is 0.0994. The van der Waals surface area contributed by atoms with Crippen LogP contribution in [0.3, 0.4) is 0 Å². The molecule has 0 aliphatic heterocycles. The van der Waals surface area contributed by atoms with E-state index in [9.17, 15) is 13.2 Å². The van der Waals surface area contributed by atoms with Crippen LogP contribution in [-0.2, 0) is 14.8 Å². The molecule has 0 aliphatic carbocycles. The average Bonchev–Trinajstić information content (AvgIpc) is 1.93. The van der Waals surface area contributed by atoms with Gasteiger partial charge in [0.15, 0.2) is 8.24 Å². The number of ether oxygens (including phenoxy) is 1. The summed E-state index contributed by atoms with van der Waals surface area (Å²) in [6.45, 7) is 11.3. The van der Waals surface area contributed by atoms with Crippen molar-refractivity contribution in [2.75, 3.05) is 12.9 Å². The molecule has 0 aromatic heterocycles. The van der Waals surface area contributed by atoms with E-state index >= 15 is 0 Å². The monoisotopic (exact) mass is 281 g/mol. The maximum absolute atomic E-state index is 11.8. The van der Waals surface area contributed by atoms with E-state index in [0.717, 1.165) is 10.2 Å². The summed E-state index contributed by atoms with van der Waals surface area (Å²) in [5, 5.41) is 0. The largest absolute Gasteiger partial charge is 0.449 e. The molecule has 0 aromatic rings. The van der Waals surface area contributed by atoms with Crippen LogP contribution >= 0.6 is 0 Å². The first kappa shape index (κ1) is 16.4. The molecule has 1 amide bonds. The van der Waals surface area contributed by atoms with Crippen molar-refractivity contribution in [3.05, 3.63) is 0 Å². The molecule has 0 bridgehead atoms. The van der Waals surface area contributed by atoms with Crippen molar-refractivity contribution < 1.29 is 17.9 Å². The fourth-order valence-corrected chi connectivity index (χ4v) is 6.16.